The summed E-state index contributed by atoms with van der Waals surface area (Å²) in [7, 11) is 0. The molecule has 74 valence electrons. The van der Waals surface area contributed by atoms with Crippen LogP contribution in [-0.4, -0.2) is 33.9 Å². The Balaban J connectivity index is 2.30. The third-order valence-corrected chi connectivity index (χ3v) is 2.00. The lowest BCUT2D eigenvalue weighted by molar-refractivity contribution is 0.425. The van der Waals surface area contributed by atoms with E-state index in [1.54, 1.807) is 12.7 Å². The van der Waals surface area contributed by atoms with E-state index in [-0.39, 0.29) is 0 Å². The number of nitrogens with zero attached hydrogens (tertiary/aromatic N) is 3. The Morgan fingerprint density at radius 2 is 2.31 bits per heavy atom. The van der Waals surface area contributed by atoms with E-state index in [0.29, 0.717) is 18.6 Å². The zero-order chi connectivity index (χ0) is 9.68. The molecule has 0 aliphatic rings. The fraction of sp³-hybridized carbons (Fsp3) is 0.750. The van der Waals surface area contributed by atoms with Gasteiger partial charge < -0.3 is 11.1 Å². The van der Waals surface area contributed by atoms with Crippen LogP contribution in [0, 0.1) is 0 Å². The Bertz CT molecular complexity index is 220. The van der Waals surface area contributed by atoms with E-state index < -0.39 is 0 Å². The Hall–Kier alpha value is -0.940. The lowest BCUT2D eigenvalue weighted by atomic mass is 10.3. The second-order valence-corrected chi connectivity index (χ2v) is 3.27. The Kier molecular flexibility index (Phi) is 3.85. The van der Waals surface area contributed by atoms with Crippen molar-refractivity contribution in [2.24, 2.45) is 5.73 Å². The van der Waals surface area contributed by atoms with Gasteiger partial charge in [0.1, 0.15) is 12.7 Å². The van der Waals surface area contributed by atoms with E-state index in [4.69, 9.17) is 5.73 Å². The van der Waals surface area contributed by atoms with Crippen molar-refractivity contribution in [1.82, 2.24) is 20.1 Å². The van der Waals surface area contributed by atoms with Gasteiger partial charge in [-0.1, -0.05) is 0 Å². The zero-order valence-corrected chi connectivity index (χ0v) is 8.14. The molecule has 0 saturated heterocycles. The highest BCUT2D eigenvalue weighted by Crippen LogP contribution is 1.99. The van der Waals surface area contributed by atoms with Gasteiger partial charge >= 0.3 is 0 Å². The molecule has 0 aromatic carbocycles. The van der Waals surface area contributed by atoms with Crippen molar-refractivity contribution in [1.29, 1.82) is 0 Å². The first-order chi connectivity index (χ1) is 6.24. The first-order valence-corrected chi connectivity index (χ1v) is 4.51. The molecule has 0 spiro atoms. The molecule has 5 nitrogen and oxygen atoms in total. The van der Waals surface area contributed by atoms with Crippen molar-refractivity contribution in [3.05, 3.63) is 12.7 Å². The molecular formula is C8H17N5. The number of hydrogen-bond donors (Lipinski definition) is 2. The maximum atomic E-state index is 5.48. The highest BCUT2D eigenvalue weighted by atomic mass is 15.3. The summed E-state index contributed by atoms with van der Waals surface area (Å²) < 4.78 is 1.83. The van der Waals surface area contributed by atoms with Crippen LogP contribution in [0.2, 0.25) is 0 Å². The molecule has 0 aliphatic heterocycles. The lowest BCUT2D eigenvalue weighted by Crippen LogP contribution is -2.36. The molecule has 0 aliphatic carbocycles. The largest absolute Gasteiger partial charge is 0.329 e. The van der Waals surface area contributed by atoms with Crippen molar-refractivity contribution in [2.75, 3.05) is 13.1 Å². The Labute approximate surface area is 78.3 Å². The number of hydrogen-bond acceptors (Lipinski definition) is 4. The van der Waals surface area contributed by atoms with Crippen LogP contribution < -0.4 is 11.1 Å². The van der Waals surface area contributed by atoms with E-state index in [1.165, 1.54) is 0 Å². The highest BCUT2D eigenvalue weighted by Gasteiger charge is 2.05. The molecule has 5 heteroatoms. The van der Waals surface area contributed by atoms with E-state index in [9.17, 15) is 0 Å². The van der Waals surface area contributed by atoms with Gasteiger partial charge in [0.15, 0.2) is 0 Å². The summed E-state index contributed by atoms with van der Waals surface area (Å²) in [5.74, 6) is 0. The van der Waals surface area contributed by atoms with Crippen molar-refractivity contribution < 1.29 is 0 Å². The van der Waals surface area contributed by atoms with Gasteiger partial charge in [0.05, 0.1) is 6.04 Å². The summed E-state index contributed by atoms with van der Waals surface area (Å²) in [6, 6.07) is 0.669. The first kappa shape index (κ1) is 10.1. The van der Waals surface area contributed by atoms with Gasteiger partial charge in [-0.3, -0.25) is 0 Å². The predicted molar refractivity (Wildman–Crippen MR) is 51.3 cm³/mol. The molecule has 1 heterocycles. The molecule has 0 radical (unpaired) electrons. The van der Waals surface area contributed by atoms with Crippen molar-refractivity contribution in [3.63, 3.8) is 0 Å². The Morgan fingerprint density at radius 3 is 2.85 bits per heavy atom. The molecule has 0 saturated carbocycles. The first-order valence-electron chi connectivity index (χ1n) is 4.51. The molecular weight excluding hydrogens is 166 g/mol. The van der Waals surface area contributed by atoms with Crippen molar-refractivity contribution >= 4 is 0 Å². The van der Waals surface area contributed by atoms with Gasteiger partial charge in [0, 0.05) is 19.1 Å². The van der Waals surface area contributed by atoms with Gasteiger partial charge in [-0.25, -0.2) is 9.67 Å². The molecule has 1 unspecified atom stereocenters. The average Bonchev–Trinajstić information content (AvgIpc) is 2.66. The number of aromatic nitrogens is 3. The number of nitrogens with two attached hydrogens (primary N) is 1. The smallest absolute Gasteiger partial charge is 0.137 e. The van der Waals surface area contributed by atoms with E-state index in [1.807, 2.05) is 4.68 Å². The standard InChI is InChI=1S/C8H17N5/c1-7(3-9)11-4-8(2)13-6-10-5-12-13/h5-8,11H,3-4,9H2,1-2H3/t7-,8?/m0/s1. The van der Waals surface area contributed by atoms with E-state index >= 15 is 0 Å². The Morgan fingerprint density at radius 1 is 1.54 bits per heavy atom. The maximum absolute atomic E-state index is 5.48. The fourth-order valence-corrected chi connectivity index (χ4v) is 0.994. The SMILES string of the molecule is CC(CN[C@@H](C)CN)n1cncn1. The molecule has 2 atom stereocenters. The third-order valence-electron chi connectivity index (χ3n) is 2.00. The van der Waals surface area contributed by atoms with Crippen LogP contribution in [0.15, 0.2) is 12.7 Å². The minimum Gasteiger partial charge on any atom is -0.329 e. The fourth-order valence-electron chi connectivity index (χ4n) is 0.994. The van der Waals surface area contributed by atoms with E-state index in [2.05, 4.69) is 29.2 Å². The van der Waals surface area contributed by atoms with Crippen LogP contribution in [0.4, 0.5) is 0 Å². The van der Waals surface area contributed by atoms with Gasteiger partial charge in [-0.05, 0) is 13.8 Å². The molecule has 13 heavy (non-hydrogen) atoms. The van der Waals surface area contributed by atoms with Gasteiger partial charge in [-0.15, -0.1) is 0 Å². The molecule has 0 bridgehead atoms. The molecule has 1 aromatic rings. The monoisotopic (exact) mass is 183 g/mol. The zero-order valence-electron chi connectivity index (χ0n) is 8.14. The summed E-state index contributed by atoms with van der Waals surface area (Å²) in [5, 5.41) is 7.36. The molecule has 1 aromatic heterocycles. The van der Waals surface area contributed by atoms with Crippen LogP contribution in [0.25, 0.3) is 0 Å². The van der Waals surface area contributed by atoms with Crippen molar-refractivity contribution in [2.45, 2.75) is 25.9 Å². The highest BCUT2D eigenvalue weighted by molar-refractivity contribution is 4.69. The minimum atomic E-state index is 0.316. The van der Waals surface area contributed by atoms with Crippen LogP contribution >= 0.6 is 0 Å². The molecule has 1 rings (SSSR count). The lowest BCUT2D eigenvalue weighted by Gasteiger charge is -2.16. The third kappa shape index (κ3) is 3.12. The topological polar surface area (TPSA) is 68.8 Å². The second-order valence-electron chi connectivity index (χ2n) is 3.27. The van der Waals surface area contributed by atoms with Crippen molar-refractivity contribution in [3.8, 4) is 0 Å². The quantitative estimate of drug-likeness (QED) is 0.662. The predicted octanol–water partition coefficient (Wildman–Crippen LogP) is -0.224. The molecule has 0 amide bonds. The summed E-state index contributed by atoms with van der Waals surface area (Å²) in [6.45, 7) is 5.67. The van der Waals surface area contributed by atoms with Crippen LogP contribution in [-0.2, 0) is 0 Å². The van der Waals surface area contributed by atoms with Crippen LogP contribution in [0.1, 0.15) is 19.9 Å². The summed E-state index contributed by atoms with van der Waals surface area (Å²) in [5.41, 5.74) is 5.48. The second kappa shape index (κ2) is 4.94. The normalized spacial score (nSPS) is 15.6. The maximum Gasteiger partial charge on any atom is 0.137 e. The summed E-state index contributed by atoms with van der Waals surface area (Å²) in [4.78, 5) is 3.89. The molecule has 0 fully saturated rings. The number of rotatable bonds is 5. The van der Waals surface area contributed by atoms with Gasteiger partial charge in [-0.2, -0.15) is 5.10 Å². The number of nitrogens with one attached hydrogen (secondary N) is 1. The average molecular weight is 183 g/mol. The minimum absolute atomic E-state index is 0.316. The van der Waals surface area contributed by atoms with E-state index in [0.717, 1.165) is 6.54 Å². The van der Waals surface area contributed by atoms with Gasteiger partial charge in [0.2, 0.25) is 0 Å². The van der Waals surface area contributed by atoms with Crippen LogP contribution in [0.3, 0.4) is 0 Å². The summed E-state index contributed by atoms with van der Waals surface area (Å²) in [6.07, 6.45) is 3.27. The van der Waals surface area contributed by atoms with Crippen LogP contribution in [0.5, 0.6) is 0 Å². The molecule has 3 N–H and O–H groups in total. The van der Waals surface area contributed by atoms with Gasteiger partial charge in [0.25, 0.3) is 0 Å². The summed E-state index contributed by atoms with van der Waals surface area (Å²) >= 11 is 0.